The smallest absolute Gasteiger partial charge is 0.277 e. The molecule has 7 heteroatoms. The Bertz CT molecular complexity index is 663. The highest BCUT2D eigenvalue weighted by Gasteiger charge is 2.13. The number of fused-ring (bicyclic) bond motifs is 1. The molecule has 1 amide bonds. The molecule has 2 heterocycles. The zero-order valence-electron chi connectivity index (χ0n) is 11.2. The van der Waals surface area contributed by atoms with Gasteiger partial charge in [0, 0.05) is 11.8 Å². The molecule has 0 saturated carbocycles. The molecule has 0 radical (unpaired) electrons. The summed E-state index contributed by atoms with van der Waals surface area (Å²) in [5, 5.41) is 0.518. The molecule has 2 rings (SSSR count). The number of carbonyl (C=O) groups is 1. The van der Waals surface area contributed by atoms with Crippen molar-refractivity contribution in [3.05, 3.63) is 23.9 Å². The minimum Gasteiger partial charge on any atom is -0.477 e. The van der Waals surface area contributed by atoms with E-state index in [1.54, 1.807) is 0 Å². The average Bonchev–Trinajstić information content (AvgIpc) is 2.80. The normalized spacial score (nSPS) is 12.1. The third kappa shape index (κ3) is 2.93. The van der Waals surface area contributed by atoms with Crippen molar-refractivity contribution >= 4 is 23.0 Å². The van der Waals surface area contributed by atoms with Gasteiger partial charge in [0.05, 0.1) is 12.0 Å². The van der Waals surface area contributed by atoms with E-state index >= 15 is 0 Å². The molecule has 0 spiro atoms. The summed E-state index contributed by atoms with van der Waals surface area (Å²) in [7, 11) is 0. The molecule has 0 atom stereocenters. The van der Waals surface area contributed by atoms with Crippen molar-refractivity contribution < 1.29 is 13.9 Å². The fourth-order valence-electron chi connectivity index (χ4n) is 1.63. The first-order valence-corrected chi connectivity index (χ1v) is 6.11. The van der Waals surface area contributed by atoms with Gasteiger partial charge in [-0.05, 0) is 12.0 Å². The first-order chi connectivity index (χ1) is 9.49. The second kappa shape index (κ2) is 5.68. The van der Waals surface area contributed by atoms with Crippen LogP contribution in [0.4, 0.5) is 4.39 Å². The van der Waals surface area contributed by atoms with E-state index in [0.717, 1.165) is 6.08 Å². The molecule has 0 saturated heterocycles. The standard InChI is InChI=1S/C13H15FN4O2/c1-7(2)5-20-13-10-8(3-9(14)11(15)19)4-16-12(10)17-6-18-13/h3-4,6-7H,5H2,1-2H3,(H2,15,19)(H,16,17,18)/b9-3-. The maximum absolute atomic E-state index is 13.4. The lowest BCUT2D eigenvalue weighted by Gasteiger charge is -2.08. The second-order valence-corrected chi connectivity index (χ2v) is 4.71. The number of aromatic nitrogens is 3. The number of H-pyrrole nitrogens is 1. The van der Waals surface area contributed by atoms with Gasteiger partial charge in [-0.15, -0.1) is 0 Å². The van der Waals surface area contributed by atoms with Gasteiger partial charge in [0.25, 0.3) is 5.91 Å². The van der Waals surface area contributed by atoms with E-state index < -0.39 is 11.7 Å². The lowest BCUT2D eigenvalue weighted by molar-refractivity contribution is -0.115. The van der Waals surface area contributed by atoms with Crippen LogP contribution in [-0.2, 0) is 4.79 Å². The van der Waals surface area contributed by atoms with Crippen molar-refractivity contribution in [2.45, 2.75) is 13.8 Å². The minimum atomic E-state index is -1.12. The van der Waals surface area contributed by atoms with Crippen LogP contribution in [0.1, 0.15) is 19.4 Å². The molecule has 0 aliphatic carbocycles. The van der Waals surface area contributed by atoms with Crippen LogP contribution in [0.3, 0.4) is 0 Å². The molecule has 0 bridgehead atoms. The number of primary amides is 1. The Kier molecular flexibility index (Phi) is 3.97. The monoisotopic (exact) mass is 278 g/mol. The molecule has 0 unspecified atom stereocenters. The van der Waals surface area contributed by atoms with Crippen LogP contribution >= 0.6 is 0 Å². The third-order valence-corrected chi connectivity index (χ3v) is 2.54. The fourth-order valence-corrected chi connectivity index (χ4v) is 1.63. The highest BCUT2D eigenvalue weighted by atomic mass is 19.1. The maximum Gasteiger partial charge on any atom is 0.277 e. The van der Waals surface area contributed by atoms with E-state index in [-0.39, 0.29) is 0 Å². The zero-order valence-corrected chi connectivity index (χ0v) is 11.2. The summed E-state index contributed by atoms with van der Waals surface area (Å²) in [4.78, 5) is 21.7. The Labute approximate surface area is 114 Å². The van der Waals surface area contributed by atoms with Crippen molar-refractivity contribution in [2.75, 3.05) is 6.61 Å². The topological polar surface area (TPSA) is 93.9 Å². The van der Waals surface area contributed by atoms with E-state index in [0.29, 0.717) is 35.0 Å². The Morgan fingerprint density at radius 2 is 2.30 bits per heavy atom. The summed E-state index contributed by atoms with van der Waals surface area (Å²) in [5.41, 5.74) is 5.79. The summed E-state index contributed by atoms with van der Waals surface area (Å²) in [5.74, 6) is -1.50. The number of amides is 1. The number of nitrogens with zero attached hydrogens (tertiary/aromatic N) is 2. The summed E-state index contributed by atoms with van der Waals surface area (Å²) in [6.45, 7) is 4.48. The molecule has 20 heavy (non-hydrogen) atoms. The molecule has 6 nitrogen and oxygen atoms in total. The quantitative estimate of drug-likeness (QED) is 0.815. The lowest BCUT2D eigenvalue weighted by atomic mass is 10.2. The number of hydrogen-bond acceptors (Lipinski definition) is 4. The first-order valence-electron chi connectivity index (χ1n) is 6.11. The SMILES string of the molecule is CC(C)COc1ncnc2[nH]cc(/C=C(\F)C(N)=O)c12. The number of nitrogens with one attached hydrogen (secondary N) is 1. The van der Waals surface area contributed by atoms with Gasteiger partial charge in [-0.25, -0.2) is 14.4 Å². The Morgan fingerprint density at radius 1 is 1.55 bits per heavy atom. The number of ether oxygens (including phenoxy) is 1. The molecule has 0 aliphatic heterocycles. The van der Waals surface area contributed by atoms with Crippen molar-refractivity contribution in [3.8, 4) is 5.88 Å². The van der Waals surface area contributed by atoms with Crippen LogP contribution < -0.4 is 10.5 Å². The van der Waals surface area contributed by atoms with Gasteiger partial charge in [-0.3, -0.25) is 4.79 Å². The van der Waals surface area contributed by atoms with Crippen LogP contribution in [0.15, 0.2) is 18.4 Å². The van der Waals surface area contributed by atoms with Gasteiger partial charge in [0.2, 0.25) is 5.88 Å². The van der Waals surface area contributed by atoms with E-state index in [4.69, 9.17) is 10.5 Å². The number of hydrogen-bond donors (Lipinski definition) is 2. The summed E-state index contributed by atoms with van der Waals surface area (Å²) < 4.78 is 18.9. The number of rotatable bonds is 5. The highest BCUT2D eigenvalue weighted by molar-refractivity contribution is 5.98. The lowest BCUT2D eigenvalue weighted by Crippen LogP contribution is -2.10. The summed E-state index contributed by atoms with van der Waals surface area (Å²) in [6.07, 6.45) is 3.91. The van der Waals surface area contributed by atoms with Crippen LogP contribution in [0.5, 0.6) is 5.88 Å². The van der Waals surface area contributed by atoms with E-state index in [1.807, 2.05) is 13.8 Å². The molecule has 106 valence electrons. The van der Waals surface area contributed by atoms with Crippen molar-refractivity contribution in [1.29, 1.82) is 0 Å². The molecule has 2 aromatic rings. The van der Waals surface area contributed by atoms with Gasteiger partial charge < -0.3 is 15.5 Å². The third-order valence-electron chi connectivity index (χ3n) is 2.54. The van der Waals surface area contributed by atoms with Crippen LogP contribution in [0, 0.1) is 5.92 Å². The van der Waals surface area contributed by atoms with Crippen molar-refractivity contribution in [1.82, 2.24) is 15.0 Å². The van der Waals surface area contributed by atoms with E-state index in [2.05, 4.69) is 15.0 Å². The van der Waals surface area contributed by atoms with Crippen molar-refractivity contribution in [2.24, 2.45) is 11.7 Å². The van der Waals surface area contributed by atoms with Crippen LogP contribution in [-0.4, -0.2) is 27.5 Å². The number of carbonyl (C=O) groups excluding carboxylic acids is 1. The van der Waals surface area contributed by atoms with Gasteiger partial charge in [0.15, 0.2) is 5.83 Å². The van der Waals surface area contributed by atoms with E-state index in [9.17, 15) is 9.18 Å². The van der Waals surface area contributed by atoms with Gasteiger partial charge in [-0.1, -0.05) is 13.8 Å². The van der Waals surface area contributed by atoms with Gasteiger partial charge in [0.1, 0.15) is 12.0 Å². The minimum absolute atomic E-state index is 0.320. The molecule has 0 aliphatic rings. The number of halogens is 1. The zero-order chi connectivity index (χ0) is 14.7. The number of nitrogens with two attached hydrogens (primary N) is 1. The highest BCUT2D eigenvalue weighted by Crippen LogP contribution is 2.27. The summed E-state index contributed by atoms with van der Waals surface area (Å²) in [6, 6.07) is 0. The Balaban J connectivity index is 2.46. The molecule has 3 N–H and O–H groups in total. The summed E-state index contributed by atoms with van der Waals surface area (Å²) >= 11 is 0. The average molecular weight is 278 g/mol. The maximum atomic E-state index is 13.4. The van der Waals surface area contributed by atoms with Crippen LogP contribution in [0.25, 0.3) is 17.1 Å². The first kappa shape index (κ1) is 14.0. The molecular weight excluding hydrogens is 263 g/mol. The molecular formula is C13H15FN4O2. The predicted octanol–water partition coefficient (Wildman–Crippen LogP) is 1.79. The van der Waals surface area contributed by atoms with Gasteiger partial charge >= 0.3 is 0 Å². The second-order valence-electron chi connectivity index (χ2n) is 4.71. The predicted molar refractivity (Wildman–Crippen MR) is 72.5 cm³/mol. The number of aromatic amines is 1. The fraction of sp³-hybridized carbons (Fsp3) is 0.308. The Morgan fingerprint density at radius 3 is 2.95 bits per heavy atom. The van der Waals surface area contributed by atoms with Gasteiger partial charge in [-0.2, -0.15) is 0 Å². The molecule has 2 aromatic heterocycles. The molecule has 0 aromatic carbocycles. The van der Waals surface area contributed by atoms with E-state index in [1.165, 1.54) is 12.5 Å². The molecule has 0 fully saturated rings. The largest absolute Gasteiger partial charge is 0.477 e. The Hall–Kier alpha value is -2.44. The van der Waals surface area contributed by atoms with Crippen molar-refractivity contribution in [3.63, 3.8) is 0 Å². The van der Waals surface area contributed by atoms with Crippen LogP contribution in [0.2, 0.25) is 0 Å².